The van der Waals surface area contributed by atoms with E-state index in [0.29, 0.717) is 35.4 Å². The maximum Gasteiger partial charge on any atom is 0.252 e. The van der Waals surface area contributed by atoms with E-state index in [1.807, 2.05) is 49.4 Å². The minimum Gasteiger partial charge on any atom is -0.490 e. The topological polar surface area (TPSA) is 88.6 Å². The van der Waals surface area contributed by atoms with Crippen LogP contribution in [0.5, 0.6) is 11.5 Å². The summed E-state index contributed by atoms with van der Waals surface area (Å²) in [6.45, 7) is 4.55. The van der Waals surface area contributed by atoms with E-state index >= 15 is 0 Å². The molecule has 2 N–H and O–H groups in total. The number of aromatic amines is 1. The van der Waals surface area contributed by atoms with Gasteiger partial charge in [0.05, 0.1) is 12.8 Å². The molecule has 0 spiro atoms. The smallest absolute Gasteiger partial charge is 0.252 e. The maximum atomic E-state index is 11.5. The van der Waals surface area contributed by atoms with Crippen molar-refractivity contribution in [2.75, 3.05) is 12.0 Å². The number of nitrogens with zero attached hydrogens (tertiary/aromatic N) is 2. The number of hydrogen-bond acceptors (Lipinski definition) is 6. The van der Waals surface area contributed by atoms with Gasteiger partial charge < -0.3 is 9.47 Å². The Hall–Kier alpha value is -3.32. The zero-order valence-corrected chi connectivity index (χ0v) is 16.9. The first-order valence-corrected chi connectivity index (χ1v) is 9.42. The van der Waals surface area contributed by atoms with Gasteiger partial charge in [-0.2, -0.15) is 5.10 Å². The minimum atomic E-state index is -0.240. The lowest BCUT2D eigenvalue weighted by atomic mass is 10.2. The summed E-state index contributed by atoms with van der Waals surface area (Å²) >= 11 is 5.91. The van der Waals surface area contributed by atoms with Gasteiger partial charge in [-0.3, -0.25) is 9.78 Å². The fraction of sp³-hybridized carbons (Fsp3) is 0.190. The molecule has 0 radical (unpaired) electrons. The highest BCUT2D eigenvalue weighted by molar-refractivity contribution is 6.30. The lowest BCUT2D eigenvalue weighted by molar-refractivity contribution is 0.269. The fourth-order valence-electron chi connectivity index (χ4n) is 2.53. The Balaban J connectivity index is 1.69. The summed E-state index contributed by atoms with van der Waals surface area (Å²) < 4.78 is 11.6. The molecule has 0 saturated carbocycles. The fourth-order valence-corrected chi connectivity index (χ4v) is 2.66. The van der Waals surface area contributed by atoms with Crippen molar-refractivity contribution >= 4 is 23.8 Å². The number of anilines is 1. The van der Waals surface area contributed by atoms with Crippen LogP contribution in [-0.4, -0.2) is 22.8 Å². The van der Waals surface area contributed by atoms with E-state index in [-0.39, 0.29) is 11.5 Å². The average Bonchev–Trinajstić information content (AvgIpc) is 2.68. The number of hydrazone groups is 1. The van der Waals surface area contributed by atoms with Crippen LogP contribution in [0.25, 0.3) is 0 Å². The summed E-state index contributed by atoms with van der Waals surface area (Å²) in [4.78, 5) is 18.2. The Morgan fingerprint density at radius 2 is 1.93 bits per heavy atom. The number of hydrogen-bond donors (Lipinski definition) is 2. The summed E-state index contributed by atoms with van der Waals surface area (Å²) in [6.07, 6.45) is 1.60. The summed E-state index contributed by atoms with van der Waals surface area (Å²) in [5.74, 6) is 1.53. The van der Waals surface area contributed by atoms with Crippen LogP contribution in [0, 0.1) is 6.92 Å². The molecule has 0 fully saturated rings. The first-order valence-electron chi connectivity index (χ1n) is 9.04. The molecular formula is C21H21ClN4O3. The Kier molecular flexibility index (Phi) is 6.86. The molecule has 3 rings (SSSR count). The SMILES string of the molecule is CCOc1cc(/C=N/Nc2nc(C)cc(=O)[nH]2)ccc1OCc1ccc(Cl)cc1. The second kappa shape index (κ2) is 9.75. The Bertz CT molecular complexity index is 1050. The first-order chi connectivity index (χ1) is 14.0. The van der Waals surface area contributed by atoms with Crippen molar-refractivity contribution in [1.82, 2.24) is 9.97 Å². The van der Waals surface area contributed by atoms with Gasteiger partial charge in [-0.1, -0.05) is 23.7 Å². The maximum absolute atomic E-state index is 11.5. The van der Waals surface area contributed by atoms with Crippen molar-refractivity contribution < 1.29 is 9.47 Å². The van der Waals surface area contributed by atoms with Crippen LogP contribution >= 0.6 is 11.6 Å². The molecule has 150 valence electrons. The second-order valence-corrected chi connectivity index (χ2v) is 6.60. The van der Waals surface area contributed by atoms with Crippen LogP contribution in [0.4, 0.5) is 5.95 Å². The van der Waals surface area contributed by atoms with Crippen LogP contribution < -0.4 is 20.5 Å². The standard InChI is InChI=1S/C21H21ClN4O3/c1-3-28-19-11-16(12-23-26-21-24-14(2)10-20(27)25-21)6-9-18(19)29-13-15-4-7-17(22)8-5-15/h4-12H,3,13H2,1-2H3,(H2,24,25,26,27)/b23-12+. The number of ether oxygens (including phenoxy) is 2. The van der Waals surface area contributed by atoms with Crippen molar-refractivity contribution in [3.63, 3.8) is 0 Å². The molecule has 1 aromatic heterocycles. The van der Waals surface area contributed by atoms with Crippen LogP contribution in [0.15, 0.2) is 58.4 Å². The Morgan fingerprint density at radius 1 is 1.14 bits per heavy atom. The number of halogens is 1. The lowest BCUT2D eigenvalue weighted by Gasteiger charge is -2.12. The monoisotopic (exact) mass is 412 g/mol. The van der Waals surface area contributed by atoms with Crippen LogP contribution in [0.3, 0.4) is 0 Å². The van der Waals surface area contributed by atoms with Gasteiger partial charge in [0.1, 0.15) is 6.61 Å². The molecule has 1 heterocycles. The highest BCUT2D eigenvalue weighted by Crippen LogP contribution is 2.29. The molecule has 0 aliphatic rings. The third kappa shape index (κ3) is 6.08. The average molecular weight is 413 g/mol. The number of benzene rings is 2. The molecule has 0 atom stereocenters. The van der Waals surface area contributed by atoms with Crippen molar-refractivity contribution in [3.8, 4) is 11.5 Å². The van der Waals surface area contributed by atoms with Crippen molar-refractivity contribution in [3.05, 3.63) is 80.7 Å². The molecule has 29 heavy (non-hydrogen) atoms. The van der Waals surface area contributed by atoms with E-state index in [0.717, 1.165) is 11.1 Å². The van der Waals surface area contributed by atoms with Gasteiger partial charge in [0.15, 0.2) is 11.5 Å². The zero-order chi connectivity index (χ0) is 20.6. The zero-order valence-electron chi connectivity index (χ0n) is 16.1. The Morgan fingerprint density at radius 3 is 2.66 bits per heavy atom. The molecule has 0 bridgehead atoms. The van der Waals surface area contributed by atoms with Crippen LogP contribution in [0.1, 0.15) is 23.7 Å². The van der Waals surface area contributed by atoms with Crippen molar-refractivity contribution in [2.24, 2.45) is 5.10 Å². The normalized spacial score (nSPS) is 10.9. The third-order valence-electron chi connectivity index (χ3n) is 3.83. The minimum absolute atomic E-state index is 0.240. The van der Waals surface area contributed by atoms with Crippen LogP contribution in [-0.2, 0) is 6.61 Å². The summed E-state index contributed by atoms with van der Waals surface area (Å²) in [5.41, 5.74) is 4.88. The highest BCUT2D eigenvalue weighted by atomic mass is 35.5. The molecule has 0 unspecified atom stereocenters. The number of aryl methyl sites for hydroxylation is 1. The summed E-state index contributed by atoms with van der Waals surface area (Å²) in [5, 5.41) is 4.80. The summed E-state index contributed by atoms with van der Waals surface area (Å²) in [7, 11) is 0. The highest BCUT2D eigenvalue weighted by Gasteiger charge is 2.07. The van der Waals surface area contributed by atoms with E-state index in [1.165, 1.54) is 6.07 Å². The quantitative estimate of drug-likeness (QED) is 0.428. The second-order valence-electron chi connectivity index (χ2n) is 6.16. The van der Waals surface area contributed by atoms with E-state index in [2.05, 4.69) is 20.5 Å². The molecule has 0 aliphatic carbocycles. The number of rotatable bonds is 8. The molecule has 7 nitrogen and oxygen atoms in total. The molecule has 0 aliphatic heterocycles. The van der Waals surface area contributed by atoms with E-state index < -0.39 is 0 Å². The van der Waals surface area contributed by atoms with Gasteiger partial charge in [-0.25, -0.2) is 10.4 Å². The van der Waals surface area contributed by atoms with Gasteiger partial charge in [0, 0.05) is 16.8 Å². The third-order valence-corrected chi connectivity index (χ3v) is 4.08. The number of aromatic nitrogens is 2. The number of nitrogens with one attached hydrogen (secondary N) is 2. The van der Waals surface area contributed by atoms with Crippen molar-refractivity contribution in [2.45, 2.75) is 20.5 Å². The predicted molar refractivity (Wildman–Crippen MR) is 114 cm³/mol. The Labute approximate surface area is 173 Å². The molecule has 0 saturated heterocycles. The predicted octanol–water partition coefficient (Wildman–Crippen LogP) is 4.16. The lowest BCUT2D eigenvalue weighted by Crippen LogP contribution is -2.10. The van der Waals surface area contributed by atoms with E-state index in [9.17, 15) is 4.79 Å². The molecule has 2 aromatic carbocycles. The molecule has 8 heteroatoms. The van der Waals surface area contributed by atoms with Gasteiger partial charge in [0.25, 0.3) is 5.56 Å². The van der Waals surface area contributed by atoms with Gasteiger partial charge >= 0.3 is 0 Å². The van der Waals surface area contributed by atoms with E-state index in [4.69, 9.17) is 21.1 Å². The van der Waals surface area contributed by atoms with Crippen molar-refractivity contribution in [1.29, 1.82) is 0 Å². The summed E-state index contributed by atoms with van der Waals surface area (Å²) in [6, 6.07) is 14.4. The van der Waals surface area contributed by atoms with E-state index in [1.54, 1.807) is 13.1 Å². The van der Waals surface area contributed by atoms with Gasteiger partial charge in [-0.05, 0) is 55.3 Å². The molecule has 3 aromatic rings. The molecular weight excluding hydrogens is 392 g/mol. The molecule has 0 amide bonds. The van der Waals surface area contributed by atoms with Gasteiger partial charge in [0.2, 0.25) is 5.95 Å². The largest absolute Gasteiger partial charge is 0.490 e. The first kappa shape index (κ1) is 20.4. The number of H-pyrrole nitrogens is 1. The van der Waals surface area contributed by atoms with Gasteiger partial charge in [-0.15, -0.1) is 0 Å². The van der Waals surface area contributed by atoms with Crippen LogP contribution in [0.2, 0.25) is 5.02 Å².